The molecule has 2 aliphatic heterocycles. The molecular formula is C16H24ClN3O. The standard InChI is InChI=1S/C16H24ClN3O/c17-14-3-1-2-4-15(14)19-6-8-20(9-7-19)16(11-18)13-5-10-21-12-13/h1-4,13,16H,5-12,18H2. The summed E-state index contributed by atoms with van der Waals surface area (Å²) >= 11 is 6.30. The normalized spacial score (nSPS) is 25.2. The lowest BCUT2D eigenvalue weighted by atomic mass is 9.97. The Labute approximate surface area is 131 Å². The average Bonchev–Trinajstić information content (AvgIpc) is 3.04. The first kappa shape index (κ1) is 15.1. The first-order chi connectivity index (χ1) is 10.3. The zero-order valence-electron chi connectivity index (χ0n) is 12.4. The van der Waals surface area contributed by atoms with Crippen molar-refractivity contribution in [1.29, 1.82) is 0 Å². The van der Waals surface area contributed by atoms with Gasteiger partial charge in [0.15, 0.2) is 0 Å². The summed E-state index contributed by atoms with van der Waals surface area (Å²) in [5, 5.41) is 0.838. The smallest absolute Gasteiger partial charge is 0.0639 e. The molecule has 0 aromatic heterocycles. The van der Waals surface area contributed by atoms with Gasteiger partial charge in [0.25, 0.3) is 0 Å². The molecule has 2 N–H and O–H groups in total. The molecule has 5 heteroatoms. The molecule has 0 aliphatic carbocycles. The summed E-state index contributed by atoms with van der Waals surface area (Å²) in [5.74, 6) is 0.599. The molecule has 2 unspecified atom stereocenters. The van der Waals surface area contributed by atoms with E-state index in [1.807, 2.05) is 18.2 Å². The summed E-state index contributed by atoms with van der Waals surface area (Å²) in [7, 11) is 0. The van der Waals surface area contributed by atoms with Crippen molar-refractivity contribution in [2.75, 3.05) is 50.8 Å². The topological polar surface area (TPSA) is 41.7 Å². The van der Waals surface area contributed by atoms with Crippen LogP contribution in [0.4, 0.5) is 5.69 Å². The molecule has 0 spiro atoms. The number of benzene rings is 1. The van der Waals surface area contributed by atoms with Gasteiger partial charge in [0.1, 0.15) is 0 Å². The van der Waals surface area contributed by atoms with Gasteiger partial charge in [0, 0.05) is 51.3 Å². The number of hydrogen-bond acceptors (Lipinski definition) is 4. The van der Waals surface area contributed by atoms with Crippen molar-refractivity contribution in [3.05, 3.63) is 29.3 Å². The molecule has 2 saturated heterocycles. The molecule has 0 saturated carbocycles. The first-order valence-corrected chi connectivity index (χ1v) is 8.18. The monoisotopic (exact) mass is 309 g/mol. The van der Waals surface area contributed by atoms with E-state index in [1.54, 1.807) is 0 Å². The van der Waals surface area contributed by atoms with Gasteiger partial charge < -0.3 is 15.4 Å². The molecule has 0 radical (unpaired) electrons. The predicted octanol–water partition coefficient (Wildman–Crippen LogP) is 1.83. The minimum Gasteiger partial charge on any atom is -0.381 e. The molecule has 21 heavy (non-hydrogen) atoms. The van der Waals surface area contributed by atoms with Gasteiger partial charge in [-0.3, -0.25) is 4.90 Å². The molecule has 2 heterocycles. The summed E-state index contributed by atoms with van der Waals surface area (Å²) in [6, 6.07) is 8.55. The van der Waals surface area contributed by atoms with Crippen molar-refractivity contribution in [2.45, 2.75) is 12.5 Å². The van der Waals surface area contributed by atoms with Crippen LogP contribution in [-0.2, 0) is 4.74 Å². The summed E-state index contributed by atoms with van der Waals surface area (Å²) in [6.07, 6.45) is 1.15. The van der Waals surface area contributed by atoms with E-state index in [0.717, 1.165) is 63.1 Å². The summed E-state index contributed by atoms with van der Waals surface area (Å²) in [5.41, 5.74) is 7.17. The quantitative estimate of drug-likeness (QED) is 0.921. The van der Waals surface area contributed by atoms with E-state index in [2.05, 4.69) is 15.9 Å². The molecule has 0 bridgehead atoms. The number of para-hydroxylation sites is 1. The lowest BCUT2D eigenvalue weighted by molar-refractivity contribution is 0.117. The van der Waals surface area contributed by atoms with Gasteiger partial charge in [-0.25, -0.2) is 0 Å². The second-order valence-corrected chi connectivity index (χ2v) is 6.31. The number of hydrogen-bond donors (Lipinski definition) is 1. The molecular weight excluding hydrogens is 286 g/mol. The minimum atomic E-state index is 0.459. The largest absolute Gasteiger partial charge is 0.381 e. The summed E-state index contributed by atoms with van der Waals surface area (Å²) in [6.45, 7) is 6.59. The molecule has 3 rings (SSSR count). The fraction of sp³-hybridized carbons (Fsp3) is 0.625. The van der Waals surface area contributed by atoms with E-state index in [-0.39, 0.29) is 0 Å². The Kier molecular flexibility index (Phi) is 5.01. The number of piperazine rings is 1. The van der Waals surface area contributed by atoms with Gasteiger partial charge in [0.05, 0.1) is 17.3 Å². The number of nitrogens with zero attached hydrogens (tertiary/aromatic N) is 2. The van der Waals surface area contributed by atoms with Gasteiger partial charge in [-0.05, 0) is 18.6 Å². The Bertz CT molecular complexity index is 457. The molecule has 116 valence electrons. The van der Waals surface area contributed by atoms with E-state index >= 15 is 0 Å². The molecule has 0 amide bonds. The highest BCUT2D eigenvalue weighted by molar-refractivity contribution is 6.33. The molecule has 1 aromatic rings. The van der Waals surface area contributed by atoms with Crippen LogP contribution in [0.15, 0.2) is 24.3 Å². The van der Waals surface area contributed by atoms with Gasteiger partial charge in [-0.15, -0.1) is 0 Å². The van der Waals surface area contributed by atoms with Crippen molar-refractivity contribution in [3.8, 4) is 0 Å². The highest BCUT2D eigenvalue weighted by Crippen LogP contribution is 2.27. The second-order valence-electron chi connectivity index (χ2n) is 5.90. The van der Waals surface area contributed by atoms with Gasteiger partial charge in [-0.1, -0.05) is 23.7 Å². The van der Waals surface area contributed by atoms with Gasteiger partial charge in [0.2, 0.25) is 0 Å². The van der Waals surface area contributed by atoms with E-state index in [9.17, 15) is 0 Å². The van der Waals surface area contributed by atoms with Crippen LogP contribution in [0.1, 0.15) is 6.42 Å². The Balaban J connectivity index is 1.60. The maximum atomic E-state index is 6.30. The Morgan fingerprint density at radius 2 is 2.00 bits per heavy atom. The first-order valence-electron chi connectivity index (χ1n) is 7.81. The Hall–Kier alpha value is -0.810. The van der Waals surface area contributed by atoms with Crippen LogP contribution in [0.5, 0.6) is 0 Å². The van der Waals surface area contributed by atoms with Crippen molar-refractivity contribution in [1.82, 2.24) is 4.90 Å². The number of halogens is 1. The van der Waals surface area contributed by atoms with Crippen molar-refractivity contribution in [2.24, 2.45) is 11.7 Å². The predicted molar refractivity (Wildman–Crippen MR) is 87.0 cm³/mol. The number of anilines is 1. The molecule has 2 fully saturated rings. The average molecular weight is 310 g/mol. The number of nitrogens with two attached hydrogens (primary N) is 1. The highest BCUT2D eigenvalue weighted by Gasteiger charge is 2.31. The third kappa shape index (κ3) is 3.34. The van der Waals surface area contributed by atoms with E-state index in [0.29, 0.717) is 12.0 Å². The van der Waals surface area contributed by atoms with Crippen molar-refractivity contribution in [3.63, 3.8) is 0 Å². The summed E-state index contributed by atoms with van der Waals surface area (Å²) in [4.78, 5) is 4.91. The SMILES string of the molecule is NCC(C1CCOC1)N1CCN(c2ccccc2Cl)CC1. The van der Waals surface area contributed by atoms with Crippen LogP contribution in [0.2, 0.25) is 5.02 Å². The minimum absolute atomic E-state index is 0.459. The molecule has 4 nitrogen and oxygen atoms in total. The zero-order chi connectivity index (χ0) is 14.7. The lowest BCUT2D eigenvalue weighted by Gasteiger charge is -2.41. The second kappa shape index (κ2) is 6.97. The molecule has 2 atom stereocenters. The van der Waals surface area contributed by atoms with Gasteiger partial charge >= 0.3 is 0 Å². The van der Waals surface area contributed by atoms with Crippen LogP contribution < -0.4 is 10.6 Å². The van der Waals surface area contributed by atoms with Crippen LogP contribution in [0, 0.1) is 5.92 Å². The maximum absolute atomic E-state index is 6.30. The zero-order valence-corrected chi connectivity index (χ0v) is 13.1. The Morgan fingerprint density at radius 1 is 1.24 bits per heavy atom. The summed E-state index contributed by atoms with van der Waals surface area (Å²) < 4.78 is 5.53. The molecule has 2 aliphatic rings. The third-order valence-corrected chi connectivity index (χ3v) is 5.05. The number of ether oxygens (including phenoxy) is 1. The third-order valence-electron chi connectivity index (χ3n) is 4.73. The maximum Gasteiger partial charge on any atom is 0.0639 e. The lowest BCUT2D eigenvalue weighted by Crippen LogP contribution is -2.55. The van der Waals surface area contributed by atoms with Crippen LogP contribution in [0.3, 0.4) is 0 Å². The van der Waals surface area contributed by atoms with E-state index in [4.69, 9.17) is 22.1 Å². The van der Waals surface area contributed by atoms with Gasteiger partial charge in [-0.2, -0.15) is 0 Å². The molecule has 1 aromatic carbocycles. The van der Waals surface area contributed by atoms with Crippen molar-refractivity contribution >= 4 is 17.3 Å². The number of rotatable bonds is 4. The van der Waals surface area contributed by atoms with E-state index in [1.165, 1.54) is 0 Å². The fourth-order valence-electron chi connectivity index (χ4n) is 3.50. The fourth-order valence-corrected chi connectivity index (χ4v) is 3.75. The van der Waals surface area contributed by atoms with Crippen molar-refractivity contribution < 1.29 is 4.74 Å². The highest BCUT2D eigenvalue weighted by atomic mass is 35.5. The van der Waals surface area contributed by atoms with Crippen LogP contribution in [0.25, 0.3) is 0 Å². The Morgan fingerprint density at radius 3 is 2.62 bits per heavy atom. The van der Waals surface area contributed by atoms with Crippen LogP contribution in [-0.4, -0.2) is 56.9 Å². The van der Waals surface area contributed by atoms with E-state index < -0.39 is 0 Å². The van der Waals surface area contributed by atoms with Crippen LogP contribution >= 0.6 is 11.6 Å².